The molecule has 0 unspecified atom stereocenters. The Balaban J connectivity index is 1.50. The van der Waals surface area contributed by atoms with Gasteiger partial charge >= 0.3 is 0 Å². The lowest BCUT2D eigenvalue weighted by Gasteiger charge is -2.16. The third-order valence-corrected chi connectivity index (χ3v) is 5.19. The molecule has 0 bridgehead atoms. The van der Waals surface area contributed by atoms with E-state index in [1.807, 2.05) is 48.5 Å². The Morgan fingerprint density at radius 2 is 2.00 bits per heavy atom. The fourth-order valence-electron chi connectivity index (χ4n) is 2.69. The topological polar surface area (TPSA) is 49.4 Å². The number of nitrogens with zero attached hydrogens (tertiary/aromatic N) is 1. The van der Waals surface area contributed by atoms with Crippen LogP contribution < -0.4 is 10.2 Å². The maximum atomic E-state index is 12.1. The van der Waals surface area contributed by atoms with Gasteiger partial charge in [0.1, 0.15) is 0 Å². The van der Waals surface area contributed by atoms with Gasteiger partial charge in [-0.05, 0) is 48.9 Å². The first-order valence-electron chi connectivity index (χ1n) is 8.20. The van der Waals surface area contributed by atoms with Crippen LogP contribution in [0, 0.1) is 0 Å². The van der Waals surface area contributed by atoms with Crippen LogP contribution in [0.25, 0.3) is 0 Å². The van der Waals surface area contributed by atoms with Crippen molar-refractivity contribution >= 4 is 46.6 Å². The normalized spacial score (nSPS) is 14.0. The third-order valence-electron chi connectivity index (χ3n) is 3.93. The molecule has 1 fully saturated rings. The van der Waals surface area contributed by atoms with Crippen molar-refractivity contribution in [3.8, 4) is 0 Å². The van der Waals surface area contributed by atoms with Crippen molar-refractivity contribution in [2.45, 2.75) is 24.2 Å². The number of carbonyl (C=O) groups is 2. The second-order valence-electron chi connectivity index (χ2n) is 5.80. The number of amides is 2. The summed E-state index contributed by atoms with van der Waals surface area (Å²) in [5, 5.41) is 3.61. The predicted molar refractivity (Wildman–Crippen MR) is 103 cm³/mol. The summed E-state index contributed by atoms with van der Waals surface area (Å²) < 4.78 is 0. The Morgan fingerprint density at radius 3 is 2.72 bits per heavy atom. The third kappa shape index (κ3) is 5.00. The number of hydrogen-bond acceptors (Lipinski definition) is 3. The molecule has 2 amide bonds. The average molecular weight is 375 g/mol. The zero-order valence-corrected chi connectivity index (χ0v) is 15.3. The van der Waals surface area contributed by atoms with Crippen molar-refractivity contribution in [2.75, 3.05) is 22.5 Å². The zero-order valence-electron chi connectivity index (χ0n) is 13.7. The predicted octanol–water partition coefficient (Wildman–Crippen LogP) is 4.59. The fourth-order valence-corrected chi connectivity index (χ4v) is 3.67. The van der Waals surface area contributed by atoms with E-state index in [0.29, 0.717) is 23.6 Å². The van der Waals surface area contributed by atoms with Gasteiger partial charge in [0.05, 0.1) is 0 Å². The molecule has 1 N–H and O–H groups in total. The van der Waals surface area contributed by atoms with Crippen LogP contribution in [0.4, 0.5) is 11.4 Å². The van der Waals surface area contributed by atoms with Gasteiger partial charge in [-0.2, -0.15) is 0 Å². The van der Waals surface area contributed by atoms with Gasteiger partial charge in [0, 0.05) is 46.4 Å². The number of rotatable bonds is 6. The van der Waals surface area contributed by atoms with Crippen LogP contribution in [0.3, 0.4) is 0 Å². The highest BCUT2D eigenvalue weighted by Crippen LogP contribution is 2.25. The van der Waals surface area contributed by atoms with Gasteiger partial charge in [-0.15, -0.1) is 11.8 Å². The standard InChI is InChI=1S/C19H19ClN2O2S/c20-14-6-8-17(9-7-14)25-12-10-18(23)21-15-3-1-4-16(13-15)22-11-2-5-19(22)24/h1,3-4,6-9,13H,2,5,10-12H2,(H,21,23). The van der Waals surface area contributed by atoms with Crippen molar-refractivity contribution in [1.29, 1.82) is 0 Å². The molecule has 4 nitrogen and oxygen atoms in total. The summed E-state index contributed by atoms with van der Waals surface area (Å²) in [6, 6.07) is 15.0. The lowest BCUT2D eigenvalue weighted by molar-refractivity contribution is -0.117. The lowest BCUT2D eigenvalue weighted by atomic mass is 10.2. The van der Waals surface area contributed by atoms with E-state index < -0.39 is 0 Å². The maximum Gasteiger partial charge on any atom is 0.227 e. The minimum atomic E-state index is -0.0358. The lowest BCUT2D eigenvalue weighted by Crippen LogP contribution is -2.23. The Hall–Kier alpha value is -1.98. The molecular formula is C19H19ClN2O2S. The summed E-state index contributed by atoms with van der Waals surface area (Å²) in [6.45, 7) is 0.744. The summed E-state index contributed by atoms with van der Waals surface area (Å²) in [6.07, 6.45) is 1.90. The SMILES string of the molecule is O=C(CCSc1ccc(Cl)cc1)Nc1cccc(N2CCCC2=O)c1. The largest absolute Gasteiger partial charge is 0.326 e. The molecule has 1 saturated heterocycles. The van der Waals surface area contributed by atoms with Gasteiger partial charge in [-0.3, -0.25) is 9.59 Å². The van der Waals surface area contributed by atoms with Crippen LogP contribution in [0.15, 0.2) is 53.4 Å². The van der Waals surface area contributed by atoms with E-state index in [1.54, 1.807) is 16.7 Å². The number of hydrogen-bond donors (Lipinski definition) is 1. The van der Waals surface area contributed by atoms with Crippen LogP contribution >= 0.6 is 23.4 Å². The molecule has 6 heteroatoms. The molecule has 0 saturated carbocycles. The molecule has 0 aliphatic carbocycles. The molecule has 25 heavy (non-hydrogen) atoms. The summed E-state index contributed by atoms with van der Waals surface area (Å²) in [7, 11) is 0. The monoisotopic (exact) mass is 374 g/mol. The molecular weight excluding hydrogens is 356 g/mol. The Morgan fingerprint density at radius 1 is 1.20 bits per heavy atom. The van der Waals surface area contributed by atoms with Gasteiger partial charge in [0.25, 0.3) is 0 Å². The number of benzene rings is 2. The molecule has 0 radical (unpaired) electrons. The van der Waals surface area contributed by atoms with Crippen molar-refractivity contribution in [3.05, 3.63) is 53.6 Å². The van der Waals surface area contributed by atoms with Gasteiger partial charge in [-0.1, -0.05) is 17.7 Å². The molecule has 0 atom stereocenters. The van der Waals surface area contributed by atoms with E-state index in [9.17, 15) is 9.59 Å². The molecule has 1 aliphatic heterocycles. The van der Waals surface area contributed by atoms with Crippen LogP contribution in [-0.4, -0.2) is 24.1 Å². The Bertz CT molecular complexity index is 764. The van der Waals surface area contributed by atoms with E-state index in [4.69, 9.17) is 11.6 Å². The summed E-state index contributed by atoms with van der Waals surface area (Å²) in [5.41, 5.74) is 1.56. The van der Waals surface area contributed by atoms with E-state index in [2.05, 4.69) is 5.32 Å². The first kappa shape index (κ1) is 17.8. The van der Waals surface area contributed by atoms with Gasteiger partial charge in [0.15, 0.2) is 0 Å². The summed E-state index contributed by atoms with van der Waals surface area (Å²) >= 11 is 7.48. The number of thioether (sulfide) groups is 1. The smallest absolute Gasteiger partial charge is 0.227 e. The Labute approximate surface area is 156 Å². The molecule has 0 spiro atoms. The minimum absolute atomic E-state index is 0.0358. The van der Waals surface area contributed by atoms with Crippen molar-refractivity contribution in [3.63, 3.8) is 0 Å². The van der Waals surface area contributed by atoms with Crippen molar-refractivity contribution in [1.82, 2.24) is 0 Å². The second kappa shape index (κ2) is 8.41. The molecule has 1 aliphatic rings. The minimum Gasteiger partial charge on any atom is -0.326 e. The summed E-state index contributed by atoms with van der Waals surface area (Å²) in [5.74, 6) is 0.798. The quantitative estimate of drug-likeness (QED) is 0.752. The van der Waals surface area contributed by atoms with Crippen LogP contribution in [-0.2, 0) is 9.59 Å². The van der Waals surface area contributed by atoms with Crippen molar-refractivity contribution < 1.29 is 9.59 Å². The molecule has 3 rings (SSSR count). The molecule has 0 aromatic heterocycles. The van der Waals surface area contributed by atoms with Gasteiger partial charge < -0.3 is 10.2 Å². The molecule has 2 aromatic rings. The van der Waals surface area contributed by atoms with E-state index >= 15 is 0 Å². The van der Waals surface area contributed by atoms with Crippen LogP contribution in [0.1, 0.15) is 19.3 Å². The Kier molecular flexibility index (Phi) is 6.00. The summed E-state index contributed by atoms with van der Waals surface area (Å²) in [4.78, 5) is 26.8. The number of carbonyl (C=O) groups excluding carboxylic acids is 2. The highest BCUT2D eigenvalue weighted by Gasteiger charge is 2.21. The van der Waals surface area contributed by atoms with Crippen LogP contribution in [0.2, 0.25) is 5.02 Å². The van der Waals surface area contributed by atoms with E-state index in [0.717, 1.165) is 29.2 Å². The molecule has 130 valence electrons. The fraction of sp³-hybridized carbons (Fsp3) is 0.263. The number of nitrogens with one attached hydrogen (secondary N) is 1. The molecule has 2 aromatic carbocycles. The van der Waals surface area contributed by atoms with Crippen molar-refractivity contribution in [2.24, 2.45) is 0 Å². The van der Waals surface area contributed by atoms with Gasteiger partial charge in [-0.25, -0.2) is 0 Å². The zero-order chi connectivity index (χ0) is 17.6. The first-order valence-corrected chi connectivity index (χ1v) is 9.57. The average Bonchev–Trinajstić information content (AvgIpc) is 3.03. The second-order valence-corrected chi connectivity index (χ2v) is 7.40. The van der Waals surface area contributed by atoms with Crippen LogP contribution in [0.5, 0.6) is 0 Å². The van der Waals surface area contributed by atoms with Gasteiger partial charge in [0.2, 0.25) is 11.8 Å². The molecule has 1 heterocycles. The highest BCUT2D eigenvalue weighted by atomic mass is 35.5. The number of halogens is 1. The first-order chi connectivity index (χ1) is 12.1. The van der Waals surface area contributed by atoms with E-state index in [1.165, 1.54) is 0 Å². The highest BCUT2D eigenvalue weighted by molar-refractivity contribution is 7.99. The number of anilines is 2. The maximum absolute atomic E-state index is 12.1. The van der Waals surface area contributed by atoms with E-state index in [-0.39, 0.29) is 11.8 Å².